The van der Waals surface area contributed by atoms with Gasteiger partial charge < -0.3 is 24.5 Å². The fourth-order valence-electron chi connectivity index (χ4n) is 2.85. The molecule has 1 saturated heterocycles. The predicted octanol–water partition coefficient (Wildman–Crippen LogP) is 3.55. The number of guanidine groups is 1. The number of urea groups is 1. The molecule has 0 saturated carbocycles. The molecule has 0 unspecified atom stereocenters. The summed E-state index contributed by atoms with van der Waals surface area (Å²) in [5.74, 6) is -2.07. The first-order chi connectivity index (χ1) is 14.7. The Morgan fingerprint density at radius 2 is 1.78 bits per heavy atom. The highest BCUT2D eigenvalue weighted by Crippen LogP contribution is 2.22. The SMILES string of the molecule is CN1CN(C(=NC(=O)OC(C)(C)C)N(Cc2ccc(F)c(I)c2F)C(=O)O)CN(C)C1=O. The molecule has 13 heteroatoms. The highest BCUT2D eigenvalue weighted by molar-refractivity contribution is 14.1. The molecular formula is C19H24F2IN5O5. The second-order valence-electron chi connectivity index (χ2n) is 8.10. The van der Waals surface area contributed by atoms with E-state index in [0.717, 1.165) is 12.1 Å². The molecule has 4 amide bonds. The van der Waals surface area contributed by atoms with Gasteiger partial charge in [-0.3, -0.25) is 0 Å². The molecule has 1 N–H and O–H groups in total. The van der Waals surface area contributed by atoms with Crippen molar-refractivity contribution in [3.8, 4) is 0 Å². The molecule has 10 nitrogen and oxygen atoms in total. The Morgan fingerprint density at radius 3 is 2.28 bits per heavy atom. The lowest BCUT2D eigenvalue weighted by Gasteiger charge is -2.41. The quantitative estimate of drug-likeness (QED) is 0.254. The third-order valence-corrected chi connectivity index (χ3v) is 5.19. The van der Waals surface area contributed by atoms with Crippen LogP contribution in [0.25, 0.3) is 0 Å². The maximum atomic E-state index is 14.6. The van der Waals surface area contributed by atoms with E-state index in [1.165, 1.54) is 51.4 Å². The number of hydrogen-bond acceptors (Lipinski definition) is 4. The molecule has 176 valence electrons. The molecule has 0 aromatic heterocycles. The van der Waals surface area contributed by atoms with Crippen molar-refractivity contribution in [2.75, 3.05) is 27.4 Å². The Kier molecular flexibility index (Phi) is 7.85. The van der Waals surface area contributed by atoms with Crippen LogP contribution in [0.1, 0.15) is 26.3 Å². The van der Waals surface area contributed by atoms with E-state index in [1.54, 1.807) is 20.8 Å². The molecule has 1 heterocycles. The van der Waals surface area contributed by atoms with Crippen molar-refractivity contribution in [3.63, 3.8) is 0 Å². The normalized spacial score (nSPS) is 15.2. The van der Waals surface area contributed by atoms with Crippen molar-refractivity contribution in [3.05, 3.63) is 32.9 Å². The fraction of sp³-hybridized carbons (Fsp3) is 0.474. The third-order valence-electron chi connectivity index (χ3n) is 4.20. The summed E-state index contributed by atoms with van der Waals surface area (Å²) < 4.78 is 33.1. The van der Waals surface area contributed by atoms with Crippen LogP contribution in [-0.4, -0.2) is 81.9 Å². The number of nitrogens with zero attached hydrogens (tertiary/aromatic N) is 5. The van der Waals surface area contributed by atoms with Crippen molar-refractivity contribution in [1.29, 1.82) is 0 Å². The minimum absolute atomic E-state index is 0.0853. The molecule has 0 radical (unpaired) electrons. The minimum atomic E-state index is -1.53. The number of rotatable bonds is 2. The van der Waals surface area contributed by atoms with E-state index in [-0.39, 0.29) is 34.5 Å². The van der Waals surface area contributed by atoms with E-state index in [0.29, 0.717) is 4.90 Å². The molecule has 1 aromatic carbocycles. The monoisotopic (exact) mass is 567 g/mol. The molecule has 1 fully saturated rings. The van der Waals surface area contributed by atoms with Crippen LogP contribution < -0.4 is 0 Å². The Bertz CT molecular complexity index is 939. The lowest BCUT2D eigenvalue weighted by molar-refractivity contribution is 0.0586. The van der Waals surface area contributed by atoms with Gasteiger partial charge in [0, 0.05) is 19.7 Å². The average Bonchev–Trinajstić information content (AvgIpc) is 2.66. The number of halogens is 3. The number of hydrogen-bond donors (Lipinski definition) is 1. The summed E-state index contributed by atoms with van der Waals surface area (Å²) in [5.41, 5.74) is -1.02. The smallest absolute Gasteiger partial charge is 0.437 e. The van der Waals surface area contributed by atoms with E-state index in [1.807, 2.05) is 0 Å². The zero-order chi connectivity index (χ0) is 24.4. The van der Waals surface area contributed by atoms with Crippen molar-refractivity contribution in [1.82, 2.24) is 19.6 Å². The number of aliphatic imine (C=N–C) groups is 1. The van der Waals surface area contributed by atoms with Crippen LogP contribution in [0, 0.1) is 15.2 Å². The molecule has 2 rings (SSSR count). The molecule has 1 aromatic rings. The lowest BCUT2D eigenvalue weighted by atomic mass is 10.2. The van der Waals surface area contributed by atoms with Crippen LogP contribution in [-0.2, 0) is 11.3 Å². The first-order valence-electron chi connectivity index (χ1n) is 9.37. The molecule has 32 heavy (non-hydrogen) atoms. The van der Waals surface area contributed by atoms with Gasteiger partial charge in [-0.2, -0.15) is 0 Å². The van der Waals surface area contributed by atoms with Crippen molar-refractivity contribution in [2.24, 2.45) is 4.99 Å². The fourth-order valence-corrected chi connectivity index (χ4v) is 3.37. The molecule has 0 bridgehead atoms. The topological polar surface area (TPSA) is 106 Å². The summed E-state index contributed by atoms with van der Waals surface area (Å²) in [6, 6.07) is 1.82. The Hall–Kier alpha value is -2.71. The number of carbonyl (C=O) groups excluding carboxylic acids is 2. The molecule has 0 spiro atoms. The predicted molar refractivity (Wildman–Crippen MR) is 119 cm³/mol. The molecule has 0 aliphatic carbocycles. The highest BCUT2D eigenvalue weighted by Gasteiger charge is 2.34. The van der Waals surface area contributed by atoms with Gasteiger partial charge in [-0.1, -0.05) is 6.07 Å². The van der Waals surface area contributed by atoms with Gasteiger partial charge in [-0.15, -0.1) is 4.99 Å². The summed E-state index contributed by atoms with van der Waals surface area (Å²) in [6.07, 6.45) is -2.59. The van der Waals surface area contributed by atoms with E-state index < -0.39 is 36.0 Å². The molecule has 1 aliphatic heterocycles. The Morgan fingerprint density at radius 1 is 1.22 bits per heavy atom. The first kappa shape index (κ1) is 25.5. The van der Waals surface area contributed by atoms with Crippen LogP contribution in [0.2, 0.25) is 0 Å². The second kappa shape index (κ2) is 9.83. The second-order valence-corrected chi connectivity index (χ2v) is 9.18. The van der Waals surface area contributed by atoms with Gasteiger partial charge in [-0.25, -0.2) is 28.1 Å². The maximum Gasteiger partial charge on any atom is 0.437 e. The number of carbonyl (C=O) groups is 3. The van der Waals surface area contributed by atoms with Crippen LogP contribution in [0.5, 0.6) is 0 Å². The third kappa shape index (κ3) is 6.17. The van der Waals surface area contributed by atoms with Crippen molar-refractivity contribution in [2.45, 2.75) is 32.9 Å². The van der Waals surface area contributed by atoms with Crippen molar-refractivity contribution >= 4 is 46.8 Å². The molecule has 1 aliphatic rings. The average molecular weight is 567 g/mol. The van der Waals surface area contributed by atoms with Crippen LogP contribution in [0.4, 0.5) is 23.2 Å². The zero-order valence-electron chi connectivity index (χ0n) is 18.2. The summed E-state index contributed by atoms with van der Waals surface area (Å²) in [4.78, 5) is 45.0. The van der Waals surface area contributed by atoms with Gasteiger partial charge in [0.05, 0.1) is 23.5 Å². The summed E-state index contributed by atoms with van der Waals surface area (Å²) in [7, 11) is 2.98. The molecular weight excluding hydrogens is 543 g/mol. The van der Waals surface area contributed by atoms with Gasteiger partial charge in [-0.05, 0) is 49.4 Å². The lowest BCUT2D eigenvalue weighted by Crippen LogP contribution is -2.60. The summed E-state index contributed by atoms with van der Waals surface area (Å²) in [6.45, 7) is 4.12. The number of ether oxygens (including phenoxy) is 1. The number of carboxylic acid groups (broad SMARTS) is 1. The van der Waals surface area contributed by atoms with Gasteiger partial charge in [0.15, 0.2) is 0 Å². The van der Waals surface area contributed by atoms with Gasteiger partial charge in [0.25, 0.3) is 0 Å². The van der Waals surface area contributed by atoms with Gasteiger partial charge in [0.1, 0.15) is 17.2 Å². The highest BCUT2D eigenvalue weighted by atomic mass is 127. The number of benzene rings is 1. The summed E-state index contributed by atoms with van der Waals surface area (Å²) >= 11 is 1.48. The van der Waals surface area contributed by atoms with Crippen LogP contribution in [0.15, 0.2) is 17.1 Å². The van der Waals surface area contributed by atoms with E-state index in [9.17, 15) is 28.3 Å². The van der Waals surface area contributed by atoms with Gasteiger partial charge in [0.2, 0.25) is 5.96 Å². The van der Waals surface area contributed by atoms with E-state index in [4.69, 9.17) is 4.74 Å². The maximum absolute atomic E-state index is 14.6. The summed E-state index contributed by atoms with van der Waals surface area (Å²) in [5, 5.41) is 9.85. The van der Waals surface area contributed by atoms with Crippen molar-refractivity contribution < 1.29 is 33.0 Å². The molecule has 0 atom stereocenters. The van der Waals surface area contributed by atoms with E-state index in [2.05, 4.69) is 4.99 Å². The first-order valence-corrected chi connectivity index (χ1v) is 10.4. The Labute approximate surface area is 197 Å². The van der Waals surface area contributed by atoms with Gasteiger partial charge >= 0.3 is 18.2 Å². The van der Waals surface area contributed by atoms with E-state index >= 15 is 0 Å². The standard InChI is InChI=1S/C19H24F2IN5O5/c1-19(2,3)32-16(28)23-15(26-9-24(4)17(29)25(5)10-26)27(18(30)31)8-11-6-7-12(20)14(22)13(11)21/h6-7H,8-10H2,1-5H3,(H,30,31). The largest absolute Gasteiger partial charge is 0.465 e. The van der Waals surface area contributed by atoms with Crippen LogP contribution >= 0.6 is 22.6 Å². The Balaban J connectivity index is 2.51. The van der Waals surface area contributed by atoms with Crippen LogP contribution in [0.3, 0.4) is 0 Å². The number of amides is 4. The zero-order valence-corrected chi connectivity index (χ0v) is 20.4. The minimum Gasteiger partial charge on any atom is -0.465 e.